The molecule has 0 aliphatic heterocycles. The van der Waals surface area contributed by atoms with E-state index in [4.69, 9.17) is 0 Å². The molecule has 1 aromatic carbocycles. The van der Waals surface area contributed by atoms with Gasteiger partial charge in [-0.05, 0) is 31.4 Å². The number of aromatic nitrogens is 3. The topological polar surface area (TPSA) is 50.9 Å². The molecule has 1 aliphatic rings. The number of benzene rings is 1. The van der Waals surface area contributed by atoms with Crippen molar-refractivity contribution in [1.82, 2.24) is 14.8 Å². The van der Waals surface area contributed by atoms with E-state index in [-0.39, 0.29) is 11.4 Å². The van der Waals surface area contributed by atoms with Crippen molar-refractivity contribution >= 4 is 11.8 Å². The Balaban J connectivity index is 1.85. The molecule has 2 aromatic rings. The molecule has 0 amide bonds. The maximum Gasteiger partial charge on any atom is 0.195 e. The van der Waals surface area contributed by atoms with Gasteiger partial charge >= 0.3 is 0 Å². The SMILES string of the molecule is Cc1ccccc1-n1cnnc1SC1CCCCC1O. The number of hydrogen-bond donors (Lipinski definition) is 1. The number of thioether (sulfide) groups is 1. The summed E-state index contributed by atoms with van der Waals surface area (Å²) in [6.07, 6.45) is 5.79. The highest BCUT2D eigenvalue weighted by Crippen LogP contribution is 2.34. The molecule has 20 heavy (non-hydrogen) atoms. The molecule has 1 aromatic heterocycles. The quantitative estimate of drug-likeness (QED) is 0.944. The Bertz CT molecular complexity index is 584. The zero-order valence-corrected chi connectivity index (χ0v) is 12.4. The predicted octanol–water partition coefficient (Wildman–Crippen LogP) is 2.97. The van der Waals surface area contributed by atoms with E-state index in [1.165, 1.54) is 12.0 Å². The van der Waals surface area contributed by atoms with Crippen molar-refractivity contribution in [2.45, 2.75) is 49.1 Å². The number of aryl methyl sites for hydroxylation is 1. The van der Waals surface area contributed by atoms with Crippen LogP contribution in [0.5, 0.6) is 0 Å². The Morgan fingerprint density at radius 1 is 1.25 bits per heavy atom. The number of nitrogens with zero attached hydrogens (tertiary/aromatic N) is 3. The van der Waals surface area contributed by atoms with Crippen molar-refractivity contribution in [1.29, 1.82) is 0 Å². The molecule has 1 saturated carbocycles. The van der Waals surface area contributed by atoms with Crippen LogP contribution >= 0.6 is 11.8 Å². The Morgan fingerprint density at radius 2 is 2.05 bits per heavy atom. The van der Waals surface area contributed by atoms with Crippen molar-refractivity contribution in [3.8, 4) is 5.69 Å². The van der Waals surface area contributed by atoms with E-state index in [0.717, 1.165) is 30.1 Å². The first-order valence-corrected chi connectivity index (χ1v) is 7.94. The van der Waals surface area contributed by atoms with E-state index in [1.807, 2.05) is 16.7 Å². The molecule has 1 N–H and O–H groups in total. The second kappa shape index (κ2) is 5.97. The van der Waals surface area contributed by atoms with Crippen LogP contribution in [0.1, 0.15) is 31.2 Å². The van der Waals surface area contributed by atoms with Gasteiger partial charge in [0.05, 0.1) is 11.8 Å². The molecule has 5 heteroatoms. The third kappa shape index (κ3) is 2.74. The lowest BCUT2D eigenvalue weighted by Crippen LogP contribution is -2.27. The van der Waals surface area contributed by atoms with E-state index in [2.05, 4.69) is 29.3 Å². The molecule has 1 fully saturated rings. The van der Waals surface area contributed by atoms with Crippen LogP contribution in [-0.2, 0) is 0 Å². The summed E-state index contributed by atoms with van der Waals surface area (Å²) in [5.74, 6) is 0. The van der Waals surface area contributed by atoms with Crippen LogP contribution in [0.25, 0.3) is 5.69 Å². The fourth-order valence-electron chi connectivity index (χ4n) is 2.65. The summed E-state index contributed by atoms with van der Waals surface area (Å²) in [5.41, 5.74) is 2.30. The molecule has 106 valence electrons. The summed E-state index contributed by atoms with van der Waals surface area (Å²) in [4.78, 5) is 0. The third-order valence-electron chi connectivity index (χ3n) is 3.82. The Morgan fingerprint density at radius 3 is 2.85 bits per heavy atom. The normalized spacial score (nSPS) is 22.9. The molecule has 0 saturated heterocycles. The lowest BCUT2D eigenvalue weighted by atomic mass is 9.97. The summed E-state index contributed by atoms with van der Waals surface area (Å²) in [6, 6.07) is 8.20. The van der Waals surface area contributed by atoms with E-state index >= 15 is 0 Å². The Kier molecular flexibility index (Phi) is 4.08. The van der Waals surface area contributed by atoms with E-state index in [9.17, 15) is 5.11 Å². The number of aliphatic hydroxyl groups is 1. The number of rotatable bonds is 3. The molecule has 0 radical (unpaired) electrons. The molecule has 0 spiro atoms. The third-order valence-corrected chi connectivity index (χ3v) is 5.16. The second-order valence-electron chi connectivity index (χ2n) is 5.28. The van der Waals surface area contributed by atoms with Crippen LogP contribution in [0.15, 0.2) is 35.7 Å². The molecule has 4 nitrogen and oxygen atoms in total. The van der Waals surface area contributed by atoms with Gasteiger partial charge in [-0.1, -0.05) is 42.8 Å². The van der Waals surface area contributed by atoms with Gasteiger partial charge in [0, 0.05) is 5.25 Å². The first-order chi connectivity index (χ1) is 9.75. The Hall–Kier alpha value is -1.33. The maximum absolute atomic E-state index is 10.1. The highest BCUT2D eigenvalue weighted by Gasteiger charge is 2.26. The minimum absolute atomic E-state index is 0.226. The Labute approximate surface area is 123 Å². The van der Waals surface area contributed by atoms with Gasteiger partial charge in [-0.25, -0.2) is 0 Å². The molecule has 0 bridgehead atoms. The fourth-order valence-corrected chi connectivity index (χ4v) is 3.86. The highest BCUT2D eigenvalue weighted by atomic mass is 32.2. The molecular weight excluding hydrogens is 270 g/mol. The van der Waals surface area contributed by atoms with Crippen LogP contribution in [0, 0.1) is 6.92 Å². The van der Waals surface area contributed by atoms with E-state index in [0.29, 0.717) is 0 Å². The van der Waals surface area contributed by atoms with Gasteiger partial charge in [-0.15, -0.1) is 10.2 Å². The molecular formula is C15H19N3OS. The van der Waals surface area contributed by atoms with Crippen LogP contribution in [0.4, 0.5) is 0 Å². The number of hydrogen-bond acceptors (Lipinski definition) is 4. The standard InChI is InChI=1S/C15H19N3OS/c1-11-6-2-3-7-12(11)18-10-16-17-15(18)20-14-9-5-4-8-13(14)19/h2-3,6-7,10,13-14,19H,4-5,8-9H2,1H3. The molecule has 1 heterocycles. The zero-order chi connectivity index (χ0) is 13.9. The zero-order valence-electron chi connectivity index (χ0n) is 11.6. The van der Waals surface area contributed by atoms with Crippen molar-refractivity contribution in [3.05, 3.63) is 36.2 Å². The van der Waals surface area contributed by atoms with Gasteiger partial charge < -0.3 is 5.11 Å². The lowest BCUT2D eigenvalue weighted by molar-refractivity contribution is 0.137. The summed E-state index contributed by atoms with van der Waals surface area (Å²) in [7, 11) is 0. The van der Waals surface area contributed by atoms with Gasteiger partial charge in [-0.2, -0.15) is 0 Å². The molecule has 1 aliphatic carbocycles. The van der Waals surface area contributed by atoms with E-state index in [1.54, 1.807) is 18.1 Å². The summed E-state index contributed by atoms with van der Waals surface area (Å²) in [5, 5.41) is 19.5. The monoisotopic (exact) mass is 289 g/mol. The molecule has 2 atom stereocenters. The van der Waals surface area contributed by atoms with Crippen molar-refractivity contribution in [2.75, 3.05) is 0 Å². The minimum atomic E-state index is -0.226. The van der Waals surface area contributed by atoms with Gasteiger partial charge in [-0.3, -0.25) is 4.57 Å². The molecule has 3 rings (SSSR count). The number of aliphatic hydroxyl groups excluding tert-OH is 1. The van der Waals surface area contributed by atoms with Crippen molar-refractivity contribution in [2.24, 2.45) is 0 Å². The predicted molar refractivity (Wildman–Crippen MR) is 80.2 cm³/mol. The summed E-state index contributed by atoms with van der Waals surface area (Å²) in [6.45, 7) is 2.08. The van der Waals surface area contributed by atoms with Crippen LogP contribution < -0.4 is 0 Å². The number of para-hydroxylation sites is 1. The highest BCUT2D eigenvalue weighted by molar-refractivity contribution is 7.99. The smallest absolute Gasteiger partial charge is 0.195 e. The summed E-state index contributed by atoms with van der Waals surface area (Å²) >= 11 is 1.65. The second-order valence-corrected chi connectivity index (χ2v) is 6.48. The van der Waals surface area contributed by atoms with Gasteiger partial charge in [0.1, 0.15) is 6.33 Å². The lowest BCUT2D eigenvalue weighted by Gasteiger charge is -2.26. The van der Waals surface area contributed by atoms with Gasteiger partial charge in [0.15, 0.2) is 5.16 Å². The van der Waals surface area contributed by atoms with Crippen LogP contribution in [0.3, 0.4) is 0 Å². The van der Waals surface area contributed by atoms with Gasteiger partial charge in [0.25, 0.3) is 0 Å². The van der Waals surface area contributed by atoms with Crippen molar-refractivity contribution in [3.63, 3.8) is 0 Å². The average molecular weight is 289 g/mol. The first kappa shape index (κ1) is 13.6. The van der Waals surface area contributed by atoms with Crippen LogP contribution in [-0.4, -0.2) is 31.2 Å². The minimum Gasteiger partial charge on any atom is -0.392 e. The molecule has 2 unspecified atom stereocenters. The van der Waals surface area contributed by atoms with Crippen molar-refractivity contribution < 1.29 is 5.11 Å². The largest absolute Gasteiger partial charge is 0.392 e. The summed E-state index contributed by atoms with van der Waals surface area (Å²) < 4.78 is 2.02. The van der Waals surface area contributed by atoms with Crippen LogP contribution in [0.2, 0.25) is 0 Å². The fraction of sp³-hybridized carbons (Fsp3) is 0.467. The van der Waals surface area contributed by atoms with Gasteiger partial charge in [0.2, 0.25) is 0 Å². The average Bonchev–Trinajstić information content (AvgIpc) is 2.90. The maximum atomic E-state index is 10.1. The van der Waals surface area contributed by atoms with E-state index < -0.39 is 0 Å². The first-order valence-electron chi connectivity index (χ1n) is 7.06.